The molecule has 0 bridgehead atoms. The van der Waals surface area contributed by atoms with Crippen LogP contribution in [0.15, 0.2) is 28.7 Å². The molecule has 0 aliphatic carbocycles. The van der Waals surface area contributed by atoms with E-state index in [1.165, 1.54) is 5.56 Å². The zero-order valence-electron chi connectivity index (χ0n) is 7.46. The van der Waals surface area contributed by atoms with Gasteiger partial charge in [0, 0.05) is 10.9 Å². The normalized spacial score (nSPS) is 10.6. The largest absolute Gasteiger partial charge is 0.303 e. The van der Waals surface area contributed by atoms with E-state index in [0.717, 1.165) is 16.3 Å². The van der Waals surface area contributed by atoms with Crippen LogP contribution in [0.4, 0.5) is 0 Å². The van der Waals surface area contributed by atoms with Crippen LogP contribution in [0.25, 0.3) is 6.08 Å². The molecule has 13 heavy (non-hydrogen) atoms. The van der Waals surface area contributed by atoms with Gasteiger partial charge in [0.25, 0.3) is 0 Å². The molecule has 68 valence electrons. The number of allylic oxidation sites excluding steroid dienone is 1. The van der Waals surface area contributed by atoms with Gasteiger partial charge in [-0.3, -0.25) is 0 Å². The SMILES string of the molecule is Cc1ccc(Br)c(C=CCC=O)c1. The van der Waals surface area contributed by atoms with Gasteiger partial charge in [0.1, 0.15) is 6.29 Å². The Kier molecular flexibility index (Phi) is 3.90. The molecule has 0 unspecified atom stereocenters. The van der Waals surface area contributed by atoms with Gasteiger partial charge in [-0.25, -0.2) is 0 Å². The summed E-state index contributed by atoms with van der Waals surface area (Å²) in [6, 6.07) is 6.13. The third kappa shape index (κ3) is 3.15. The topological polar surface area (TPSA) is 17.1 Å². The monoisotopic (exact) mass is 238 g/mol. The summed E-state index contributed by atoms with van der Waals surface area (Å²) in [5, 5.41) is 0. The molecule has 1 aromatic carbocycles. The number of halogens is 1. The summed E-state index contributed by atoms with van der Waals surface area (Å²) >= 11 is 3.44. The van der Waals surface area contributed by atoms with Crippen LogP contribution in [-0.4, -0.2) is 6.29 Å². The van der Waals surface area contributed by atoms with E-state index in [-0.39, 0.29) is 0 Å². The van der Waals surface area contributed by atoms with Crippen LogP contribution >= 0.6 is 15.9 Å². The quantitative estimate of drug-likeness (QED) is 0.739. The summed E-state index contributed by atoms with van der Waals surface area (Å²) in [6.45, 7) is 2.05. The van der Waals surface area contributed by atoms with Crippen molar-refractivity contribution in [3.8, 4) is 0 Å². The summed E-state index contributed by atoms with van der Waals surface area (Å²) in [5.41, 5.74) is 2.33. The Morgan fingerprint density at radius 3 is 2.92 bits per heavy atom. The molecule has 1 nitrogen and oxygen atoms in total. The Morgan fingerprint density at radius 2 is 2.23 bits per heavy atom. The maximum absolute atomic E-state index is 10.1. The van der Waals surface area contributed by atoms with Crippen LogP contribution in [0.2, 0.25) is 0 Å². The zero-order chi connectivity index (χ0) is 9.68. The molecule has 0 aromatic heterocycles. The van der Waals surface area contributed by atoms with Crippen LogP contribution in [-0.2, 0) is 4.79 Å². The molecule has 0 heterocycles. The van der Waals surface area contributed by atoms with Crippen LogP contribution < -0.4 is 0 Å². The summed E-state index contributed by atoms with van der Waals surface area (Å²) in [6.07, 6.45) is 5.17. The maximum Gasteiger partial charge on any atom is 0.123 e. The van der Waals surface area contributed by atoms with Crippen LogP contribution in [0, 0.1) is 6.92 Å². The van der Waals surface area contributed by atoms with Crippen molar-refractivity contribution in [1.29, 1.82) is 0 Å². The second kappa shape index (κ2) is 4.97. The lowest BCUT2D eigenvalue weighted by molar-refractivity contribution is -0.107. The minimum Gasteiger partial charge on any atom is -0.303 e. The van der Waals surface area contributed by atoms with Crippen molar-refractivity contribution in [2.24, 2.45) is 0 Å². The van der Waals surface area contributed by atoms with E-state index in [4.69, 9.17) is 0 Å². The number of rotatable bonds is 3. The number of carbonyl (C=O) groups is 1. The average Bonchev–Trinajstić information content (AvgIpc) is 2.11. The number of hydrogen-bond acceptors (Lipinski definition) is 1. The Morgan fingerprint density at radius 1 is 1.46 bits per heavy atom. The predicted octanol–water partition coefficient (Wildman–Crippen LogP) is 3.36. The highest BCUT2D eigenvalue weighted by Gasteiger charge is 1.94. The lowest BCUT2D eigenvalue weighted by atomic mass is 10.1. The van der Waals surface area contributed by atoms with E-state index in [1.807, 2.05) is 31.2 Å². The van der Waals surface area contributed by atoms with Crippen molar-refractivity contribution in [2.45, 2.75) is 13.3 Å². The minimum atomic E-state index is 0.473. The number of aryl methyl sites for hydroxylation is 1. The molecule has 1 aromatic rings. The van der Waals surface area contributed by atoms with E-state index in [9.17, 15) is 4.79 Å². The van der Waals surface area contributed by atoms with Crippen LogP contribution in [0.5, 0.6) is 0 Å². The first kappa shape index (κ1) is 10.2. The molecule has 0 spiro atoms. The summed E-state index contributed by atoms with van der Waals surface area (Å²) < 4.78 is 1.06. The van der Waals surface area contributed by atoms with E-state index in [1.54, 1.807) is 0 Å². The number of hydrogen-bond donors (Lipinski definition) is 0. The van der Waals surface area contributed by atoms with Gasteiger partial charge < -0.3 is 4.79 Å². The molecule has 0 saturated heterocycles. The van der Waals surface area contributed by atoms with Gasteiger partial charge in [-0.2, -0.15) is 0 Å². The van der Waals surface area contributed by atoms with Gasteiger partial charge in [-0.1, -0.05) is 45.8 Å². The van der Waals surface area contributed by atoms with Crippen LogP contribution in [0.3, 0.4) is 0 Å². The number of aldehydes is 1. The molecule has 0 saturated carbocycles. The highest BCUT2D eigenvalue weighted by molar-refractivity contribution is 9.10. The summed E-state index contributed by atoms with van der Waals surface area (Å²) in [7, 11) is 0. The van der Waals surface area contributed by atoms with Gasteiger partial charge in [-0.15, -0.1) is 0 Å². The minimum absolute atomic E-state index is 0.473. The molecule has 1 rings (SSSR count). The zero-order valence-corrected chi connectivity index (χ0v) is 9.04. The van der Waals surface area contributed by atoms with Gasteiger partial charge in [0.05, 0.1) is 0 Å². The van der Waals surface area contributed by atoms with Gasteiger partial charge in [-0.05, 0) is 18.6 Å². The lowest BCUT2D eigenvalue weighted by Gasteiger charge is -1.99. The highest BCUT2D eigenvalue weighted by atomic mass is 79.9. The van der Waals surface area contributed by atoms with Gasteiger partial charge >= 0.3 is 0 Å². The molecule has 0 fully saturated rings. The third-order valence-corrected chi connectivity index (χ3v) is 2.40. The fourth-order valence-corrected chi connectivity index (χ4v) is 1.42. The Bertz CT molecular complexity index is 329. The number of carbonyl (C=O) groups excluding carboxylic acids is 1. The lowest BCUT2D eigenvalue weighted by Crippen LogP contribution is -1.78. The third-order valence-electron chi connectivity index (χ3n) is 1.68. The van der Waals surface area contributed by atoms with Crippen molar-refractivity contribution in [3.05, 3.63) is 39.9 Å². The van der Waals surface area contributed by atoms with E-state index in [0.29, 0.717) is 6.42 Å². The van der Waals surface area contributed by atoms with Crippen molar-refractivity contribution in [3.63, 3.8) is 0 Å². The second-order valence-corrected chi connectivity index (χ2v) is 3.68. The Hall–Kier alpha value is -0.890. The average molecular weight is 239 g/mol. The molecule has 0 aliphatic heterocycles. The summed E-state index contributed by atoms with van der Waals surface area (Å²) in [4.78, 5) is 10.1. The van der Waals surface area contributed by atoms with E-state index in [2.05, 4.69) is 22.0 Å². The van der Waals surface area contributed by atoms with Gasteiger partial charge in [0.2, 0.25) is 0 Å². The molecular weight excluding hydrogens is 228 g/mol. The Balaban J connectivity index is 2.86. The first-order chi connectivity index (χ1) is 6.24. The fraction of sp³-hybridized carbons (Fsp3) is 0.182. The molecule has 0 atom stereocenters. The van der Waals surface area contributed by atoms with Crippen LogP contribution in [0.1, 0.15) is 17.5 Å². The predicted molar refractivity (Wildman–Crippen MR) is 58.6 cm³/mol. The van der Waals surface area contributed by atoms with Crippen molar-refractivity contribution < 1.29 is 4.79 Å². The van der Waals surface area contributed by atoms with Gasteiger partial charge in [0.15, 0.2) is 0 Å². The molecule has 0 aliphatic rings. The maximum atomic E-state index is 10.1. The fourth-order valence-electron chi connectivity index (χ4n) is 1.04. The molecule has 2 heteroatoms. The molecule has 0 N–H and O–H groups in total. The molecular formula is C11H11BrO. The smallest absolute Gasteiger partial charge is 0.123 e. The van der Waals surface area contributed by atoms with Crippen molar-refractivity contribution >= 4 is 28.3 Å². The summed E-state index contributed by atoms with van der Waals surface area (Å²) in [5.74, 6) is 0. The van der Waals surface area contributed by atoms with Crippen molar-refractivity contribution in [2.75, 3.05) is 0 Å². The Labute approximate surface area is 86.6 Å². The number of benzene rings is 1. The van der Waals surface area contributed by atoms with E-state index < -0.39 is 0 Å². The molecule has 0 amide bonds. The highest BCUT2D eigenvalue weighted by Crippen LogP contribution is 2.19. The standard InChI is InChI=1S/C11H11BrO/c1-9-5-6-11(12)10(8-9)4-2-3-7-13/h2,4-8H,3H2,1H3. The van der Waals surface area contributed by atoms with E-state index >= 15 is 0 Å². The second-order valence-electron chi connectivity index (χ2n) is 2.83. The first-order valence-electron chi connectivity index (χ1n) is 4.10. The first-order valence-corrected chi connectivity index (χ1v) is 4.89. The molecule has 0 radical (unpaired) electrons. The van der Waals surface area contributed by atoms with Crippen molar-refractivity contribution in [1.82, 2.24) is 0 Å².